The van der Waals surface area contributed by atoms with Crippen molar-refractivity contribution in [2.24, 2.45) is 0 Å². The van der Waals surface area contributed by atoms with Crippen molar-refractivity contribution >= 4 is 0 Å². The summed E-state index contributed by atoms with van der Waals surface area (Å²) in [5, 5.41) is 0. The Hall–Kier alpha value is -2.83. The summed E-state index contributed by atoms with van der Waals surface area (Å²) < 4.78 is 5.23. The van der Waals surface area contributed by atoms with Gasteiger partial charge in [0.15, 0.2) is 5.82 Å². The second-order valence-corrected chi connectivity index (χ2v) is 8.06. The molecule has 0 saturated carbocycles. The topological polar surface area (TPSA) is 54.4 Å². The molecular weight excluding hydrogens is 386 g/mol. The molecule has 0 spiro atoms. The minimum absolute atomic E-state index is 0.605. The van der Waals surface area contributed by atoms with Crippen LogP contribution >= 0.6 is 0 Å². The maximum atomic E-state index is 5.23. The van der Waals surface area contributed by atoms with Crippen molar-refractivity contribution in [3.8, 4) is 17.1 Å². The van der Waals surface area contributed by atoms with Gasteiger partial charge in [-0.15, -0.1) is 0 Å². The molecule has 3 heterocycles. The number of likely N-dealkylation sites (N-methyl/N-ethyl adjacent to an activating group) is 1. The van der Waals surface area contributed by atoms with Gasteiger partial charge in [0.1, 0.15) is 5.75 Å². The molecule has 1 atom stereocenters. The molecule has 1 fully saturated rings. The highest BCUT2D eigenvalue weighted by atomic mass is 16.5. The predicted octanol–water partition coefficient (Wildman–Crippen LogP) is 4.03. The molecule has 0 unspecified atom stereocenters. The van der Waals surface area contributed by atoms with Crippen LogP contribution in [0.25, 0.3) is 11.4 Å². The number of ether oxygens (including phenoxy) is 1. The van der Waals surface area contributed by atoms with Gasteiger partial charge in [0.25, 0.3) is 0 Å². The van der Waals surface area contributed by atoms with Crippen LogP contribution in [0.1, 0.15) is 31.0 Å². The summed E-state index contributed by atoms with van der Waals surface area (Å²) in [5.41, 5.74) is 3.20. The highest BCUT2D eigenvalue weighted by Crippen LogP contribution is 2.21. The maximum Gasteiger partial charge on any atom is 0.159 e. The van der Waals surface area contributed by atoms with Gasteiger partial charge in [-0.1, -0.05) is 13.0 Å². The molecule has 1 aliphatic rings. The molecule has 6 heteroatoms. The number of nitrogens with zero attached hydrogens (tertiary/aromatic N) is 5. The molecule has 162 valence electrons. The first kappa shape index (κ1) is 21.4. The van der Waals surface area contributed by atoms with Crippen LogP contribution in [0, 0.1) is 0 Å². The highest BCUT2D eigenvalue weighted by molar-refractivity contribution is 5.55. The number of benzene rings is 1. The first-order valence-corrected chi connectivity index (χ1v) is 11.1. The second kappa shape index (κ2) is 10.5. The van der Waals surface area contributed by atoms with Gasteiger partial charge < -0.3 is 4.74 Å². The summed E-state index contributed by atoms with van der Waals surface area (Å²) >= 11 is 0. The van der Waals surface area contributed by atoms with E-state index in [1.807, 2.05) is 48.9 Å². The number of hydrogen-bond acceptors (Lipinski definition) is 6. The van der Waals surface area contributed by atoms with Crippen molar-refractivity contribution in [3.63, 3.8) is 0 Å². The monoisotopic (exact) mass is 417 g/mol. The molecule has 0 amide bonds. The molecule has 0 radical (unpaired) electrons. The fraction of sp³-hybridized carbons (Fsp3) is 0.400. The SMILES string of the molecule is CCN1CCC[C@H]1CN(Cc1cnc(-c2ccc(OC)cc2)nc1)Cc1ccccn1. The molecule has 4 rings (SSSR count). The zero-order chi connectivity index (χ0) is 21.5. The molecule has 6 nitrogen and oxygen atoms in total. The van der Waals surface area contributed by atoms with Crippen LogP contribution < -0.4 is 4.74 Å². The lowest BCUT2D eigenvalue weighted by atomic mass is 10.1. The molecule has 3 aromatic rings. The van der Waals surface area contributed by atoms with Gasteiger partial charge in [0.05, 0.1) is 12.8 Å². The number of methoxy groups -OCH3 is 1. The van der Waals surface area contributed by atoms with Gasteiger partial charge in [0, 0.05) is 55.4 Å². The van der Waals surface area contributed by atoms with E-state index in [-0.39, 0.29) is 0 Å². The van der Waals surface area contributed by atoms with Gasteiger partial charge in [-0.3, -0.25) is 14.8 Å². The van der Waals surface area contributed by atoms with Crippen LogP contribution in [0.15, 0.2) is 61.1 Å². The van der Waals surface area contributed by atoms with E-state index in [2.05, 4.69) is 43.8 Å². The quantitative estimate of drug-likeness (QED) is 0.524. The Kier molecular flexibility index (Phi) is 7.22. The van der Waals surface area contributed by atoms with Crippen molar-refractivity contribution < 1.29 is 4.74 Å². The van der Waals surface area contributed by atoms with Crippen molar-refractivity contribution in [1.82, 2.24) is 24.8 Å². The van der Waals surface area contributed by atoms with E-state index in [9.17, 15) is 0 Å². The first-order chi connectivity index (χ1) is 15.2. The van der Waals surface area contributed by atoms with Gasteiger partial charge in [-0.25, -0.2) is 9.97 Å². The summed E-state index contributed by atoms with van der Waals surface area (Å²) in [5.74, 6) is 1.56. The minimum atomic E-state index is 0.605. The third-order valence-electron chi connectivity index (χ3n) is 5.95. The van der Waals surface area contributed by atoms with Crippen LogP contribution in [0.5, 0.6) is 5.75 Å². The Balaban J connectivity index is 1.47. The Morgan fingerprint density at radius 1 is 1.03 bits per heavy atom. The fourth-order valence-corrected chi connectivity index (χ4v) is 4.31. The molecule has 2 aromatic heterocycles. The molecule has 0 N–H and O–H groups in total. The first-order valence-electron chi connectivity index (χ1n) is 11.1. The Bertz CT molecular complexity index is 930. The number of aromatic nitrogens is 3. The van der Waals surface area contributed by atoms with Crippen LogP contribution in [-0.2, 0) is 13.1 Å². The van der Waals surface area contributed by atoms with Gasteiger partial charge in [-0.2, -0.15) is 0 Å². The standard InChI is InChI=1S/C25H31N5O/c1-3-30-14-6-8-23(30)19-29(18-22-7-4-5-13-26-22)17-20-15-27-25(28-16-20)21-9-11-24(31-2)12-10-21/h4-5,7,9-13,15-16,23H,3,6,8,14,17-19H2,1-2H3/t23-/m0/s1. The smallest absolute Gasteiger partial charge is 0.159 e. The lowest BCUT2D eigenvalue weighted by Gasteiger charge is -2.30. The Morgan fingerprint density at radius 2 is 1.84 bits per heavy atom. The van der Waals surface area contributed by atoms with E-state index in [1.165, 1.54) is 19.4 Å². The lowest BCUT2D eigenvalue weighted by Crippen LogP contribution is -2.40. The van der Waals surface area contributed by atoms with Crippen LogP contribution in [0.3, 0.4) is 0 Å². The third-order valence-corrected chi connectivity index (χ3v) is 5.95. The van der Waals surface area contributed by atoms with Gasteiger partial charge in [-0.05, 0) is 62.3 Å². The zero-order valence-corrected chi connectivity index (χ0v) is 18.4. The normalized spacial score (nSPS) is 16.7. The molecule has 1 aliphatic heterocycles. The van der Waals surface area contributed by atoms with Crippen LogP contribution in [-0.4, -0.2) is 57.5 Å². The fourth-order valence-electron chi connectivity index (χ4n) is 4.31. The van der Waals surface area contributed by atoms with Gasteiger partial charge in [0.2, 0.25) is 0 Å². The largest absolute Gasteiger partial charge is 0.497 e. The van der Waals surface area contributed by atoms with E-state index in [4.69, 9.17) is 4.74 Å². The van der Waals surface area contributed by atoms with Crippen molar-refractivity contribution in [2.75, 3.05) is 26.7 Å². The van der Waals surface area contributed by atoms with Crippen molar-refractivity contribution in [3.05, 3.63) is 72.3 Å². The molecule has 0 bridgehead atoms. The Labute approximate surface area is 184 Å². The summed E-state index contributed by atoms with van der Waals surface area (Å²) in [7, 11) is 1.67. The molecule has 31 heavy (non-hydrogen) atoms. The van der Waals surface area contributed by atoms with Crippen molar-refractivity contribution in [2.45, 2.75) is 38.9 Å². The van der Waals surface area contributed by atoms with Crippen LogP contribution in [0.2, 0.25) is 0 Å². The molecule has 1 saturated heterocycles. The average Bonchev–Trinajstić information content (AvgIpc) is 3.27. The average molecular weight is 418 g/mol. The summed E-state index contributed by atoms with van der Waals surface area (Å²) in [6, 6.07) is 14.6. The third kappa shape index (κ3) is 5.66. The lowest BCUT2D eigenvalue weighted by molar-refractivity contribution is 0.164. The van der Waals surface area contributed by atoms with E-state index in [0.29, 0.717) is 6.04 Å². The van der Waals surface area contributed by atoms with E-state index < -0.39 is 0 Å². The van der Waals surface area contributed by atoms with Gasteiger partial charge >= 0.3 is 0 Å². The zero-order valence-electron chi connectivity index (χ0n) is 18.4. The number of pyridine rings is 1. The molecular formula is C25H31N5O. The van der Waals surface area contributed by atoms with Crippen molar-refractivity contribution in [1.29, 1.82) is 0 Å². The van der Waals surface area contributed by atoms with Crippen LogP contribution in [0.4, 0.5) is 0 Å². The number of hydrogen-bond donors (Lipinski definition) is 0. The highest BCUT2D eigenvalue weighted by Gasteiger charge is 2.25. The second-order valence-electron chi connectivity index (χ2n) is 8.06. The van der Waals surface area contributed by atoms with E-state index in [1.54, 1.807) is 7.11 Å². The maximum absolute atomic E-state index is 5.23. The summed E-state index contributed by atoms with van der Waals surface area (Å²) in [6.45, 7) is 7.25. The summed E-state index contributed by atoms with van der Waals surface area (Å²) in [4.78, 5) is 18.9. The van der Waals surface area contributed by atoms with E-state index in [0.717, 1.165) is 54.6 Å². The van der Waals surface area contributed by atoms with E-state index >= 15 is 0 Å². The predicted molar refractivity (Wildman–Crippen MR) is 123 cm³/mol. The molecule has 0 aliphatic carbocycles. The summed E-state index contributed by atoms with van der Waals surface area (Å²) in [6.07, 6.45) is 8.32. The minimum Gasteiger partial charge on any atom is -0.497 e. The Morgan fingerprint density at radius 3 is 2.52 bits per heavy atom. The number of rotatable bonds is 9. The number of likely N-dealkylation sites (tertiary alicyclic amines) is 1. The molecule has 1 aromatic carbocycles.